The van der Waals surface area contributed by atoms with Crippen LogP contribution in [0.15, 0.2) is 42.5 Å². The second-order valence-corrected chi connectivity index (χ2v) is 7.33. The lowest BCUT2D eigenvalue weighted by Gasteiger charge is -2.22. The first kappa shape index (κ1) is 19.7. The minimum atomic E-state index is -0.486. The number of hydrogen-bond donors (Lipinski definition) is 2. The molecule has 0 aliphatic heterocycles. The molecule has 0 aromatic heterocycles. The van der Waals surface area contributed by atoms with Crippen LogP contribution in [-0.2, 0) is 0 Å². The quantitative estimate of drug-likeness (QED) is 0.831. The first-order valence-electron chi connectivity index (χ1n) is 9.57. The van der Waals surface area contributed by atoms with Crippen LogP contribution < -0.4 is 10.1 Å². The van der Waals surface area contributed by atoms with E-state index in [4.69, 9.17) is 4.74 Å². The number of phenols is 1. The van der Waals surface area contributed by atoms with Gasteiger partial charge in [-0.15, -0.1) is 0 Å². The first-order valence-corrected chi connectivity index (χ1v) is 9.57. The zero-order valence-corrected chi connectivity index (χ0v) is 16.3. The molecule has 0 radical (unpaired) electrons. The molecule has 1 aliphatic carbocycles. The molecule has 6 heteroatoms. The Hall–Kier alpha value is -3.02. The molecular weight excluding hydrogens is 356 g/mol. The van der Waals surface area contributed by atoms with Crippen molar-refractivity contribution in [2.45, 2.75) is 38.1 Å². The van der Waals surface area contributed by atoms with E-state index in [9.17, 15) is 14.7 Å². The lowest BCUT2D eigenvalue weighted by atomic mass is 9.96. The number of amides is 2. The van der Waals surface area contributed by atoms with Crippen molar-refractivity contribution >= 4 is 12.0 Å². The molecule has 0 bridgehead atoms. The molecule has 28 heavy (non-hydrogen) atoms. The molecule has 0 saturated heterocycles. The van der Waals surface area contributed by atoms with Crippen LogP contribution in [0, 0.1) is 0 Å². The molecule has 1 saturated carbocycles. The highest BCUT2D eigenvalue weighted by molar-refractivity contribution is 5.95. The zero-order valence-electron chi connectivity index (χ0n) is 16.3. The molecule has 6 nitrogen and oxygen atoms in total. The van der Waals surface area contributed by atoms with Crippen LogP contribution in [0.3, 0.4) is 0 Å². The highest BCUT2D eigenvalue weighted by atomic mass is 16.6. The number of rotatable bonds is 4. The van der Waals surface area contributed by atoms with Crippen LogP contribution in [0.1, 0.15) is 42.5 Å². The van der Waals surface area contributed by atoms with Gasteiger partial charge >= 0.3 is 6.09 Å². The van der Waals surface area contributed by atoms with Crippen molar-refractivity contribution in [1.82, 2.24) is 10.2 Å². The highest BCUT2D eigenvalue weighted by Gasteiger charge is 2.17. The summed E-state index contributed by atoms with van der Waals surface area (Å²) < 4.78 is 5.41. The second kappa shape index (κ2) is 8.78. The van der Waals surface area contributed by atoms with Gasteiger partial charge in [0.25, 0.3) is 5.91 Å². The van der Waals surface area contributed by atoms with Crippen LogP contribution in [0.5, 0.6) is 11.5 Å². The molecule has 1 fully saturated rings. The third-order valence-electron chi connectivity index (χ3n) is 4.93. The van der Waals surface area contributed by atoms with Crippen LogP contribution >= 0.6 is 0 Å². The minimum Gasteiger partial charge on any atom is -0.507 e. The fourth-order valence-corrected chi connectivity index (χ4v) is 3.44. The van der Waals surface area contributed by atoms with Gasteiger partial charge in [-0.05, 0) is 48.7 Å². The summed E-state index contributed by atoms with van der Waals surface area (Å²) in [4.78, 5) is 25.9. The van der Waals surface area contributed by atoms with E-state index in [1.54, 1.807) is 50.5 Å². The summed E-state index contributed by atoms with van der Waals surface area (Å²) in [5.41, 5.74) is 1.68. The van der Waals surface area contributed by atoms with Gasteiger partial charge in [0.1, 0.15) is 11.5 Å². The third-order valence-corrected chi connectivity index (χ3v) is 4.93. The van der Waals surface area contributed by atoms with E-state index in [0.717, 1.165) is 25.7 Å². The van der Waals surface area contributed by atoms with E-state index in [1.165, 1.54) is 17.4 Å². The first-order chi connectivity index (χ1) is 13.4. The van der Waals surface area contributed by atoms with Gasteiger partial charge in [-0.2, -0.15) is 0 Å². The molecule has 2 amide bonds. The molecular formula is C22H26N2O4. The summed E-state index contributed by atoms with van der Waals surface area (Å²) in [5.74, 6) is 0.264. The molecule has 148 valence electrons. The van der Waals surface area contributed by atoms with Crippen molar-refractivity contribution in [3.05, 3.63) is 48.0 Å². The number of nitrogens with one attached hydrogen (secondary N) is 1. The van der Waals surface area contributed by atoms with Crippen molar-refractivity contribution in [3.8, 4) is 22.6 Å². The van der Waals surface area contributed by atoms with Gasteiger partial charge in [-0.1, -0.05) is 31.4 Å². The number of nitrogens with zero attached hydrogens (tertiary/aromatic N) is 1. The SMILES string of the molecule is CN(C)C(=O)c1cccc(-c2cc(OC(=O)NC3CCCCC3)ccc2O)c1. The maximum absolute atomic E-state index is 12.2. The average molecular weight is 382 g/mol. The average Bonchev–Trinajstić information content (AvgIpc) is 2.69. The van der Waals surface area contributed by atoms with E-state index in [-0.39, 0.29) is 17.7 Å². The monoisotopic (exact) mass is 382 g/mol. The molecule has 0 atom stereocenters. The lowest BCUT2D eigenvalue weighted by molar-refractivity contribution is 0.0827. The summed E-state index contributed by atoms with van der Waals surface area (Å²) in [7, 11) is 3.37. The van der Waals surface area contributed by atoms with Gasteiger partial charge in [-0.3, -0.25) is 4.79 Å². The van der Waals surface area contributed by atoms with Crippen molar-refractivity contribution < 1.29 is 19.4 Å². The standard InChI is InChI=1S/C22H26N2O4/c1-24(2)21(26)16-8-6-7-15(13-16)19-14-18(11-12-20(19)25)28-22(27)23-17-9-4-3-5-10-17/h6-8,11-14,17,25H,3-5,9-10H2,1-2H3,(H,23,27). The summed E-state index contributed by atoms with van der Waals surface area (Å²) in [6, 6.07) is 11.8. The molecule has 2 N–H and O–H groups in total. The van der Waals surface area contributed by atoms with Gasteiger partial charge in [0.2, 0.25) is 0 Å². The zero-order chi connectivity index (χ0) is 20.1. The van der Waals surface area contributed by atoms with Crippen LogP contribution in [0.25, 0.3) is 11.1 Å². The Morgan fingerprint density at radius 2 is 1.82 bits per heavy atom. The number of ether oxygens (including phenoxy) is 1. The number of carbonyl (C=O) groups is 2. The number of benzene rings is 2. The second-order valence-electron chi connectivity index (χ2n) is 7.33. The summed E-state index contributed by atoms with van der Waals surface area (Å²) >= 11 is 0. The van der Waals surface area contributed by atoms with E-state index in [2.05, 4.69) is 5.32 Å². The van der Waals surface area contributed by atoms with Gasteiger partial charge in [0, 0.05) is 31.3 Å². The van der Waals surface area contributed by atoms with Crippen LogP contribution in [-0.4, -0.2) is 42.1 Å². The summed E-state index contributed by atoms with van der Waals surface area (Å²) in [6.07, 6.45) is 4.92. The van der Waals surface area contributed by atoms with E-state index in [0.29, 0.717) is 22.4 Å². The Morgan fingerprint density at radius 1 is 1.07 bits per heavy atom. The van der Waals surface area contributed by atoms with E-state index in [1.807, 2.05) is 0 Å². The Balaban J connectivity index is 1.77. The maximum atomic E-state index is 12.2. The predicted molar refractivity (Wildman–Crippen MR) is 108 cm³/mol. The van der Waals surface area contributed by atoms with Crippen LogP contribution in [0.2, 0.25) is 0 Å². The van der Waals surface area contributed by atoms with Gasteiger partial charge in [0.15, 0.2) is 0 Å². The van der Waals surface area contributed by atoms with E-state index >= 15 is 0 Å². The molecule has 0 spiro atoms. The van der Waals surface area contributed by atoms with Crippen molar-refractivity contribution in [2.75, 3.05) is 14.1 Å². The van der Waals surface area contributed by atoms with Crippen LogP contribution in [0.4, 0.5) is 4.79 Å². The largest absolute Gasteiger partial charge is 0.507 e. The summed E-state index contributed by atoms with van der Waals surface area (Å²) in [6.45, 7) is 0. The molecule has 0 heterocycles. The van der Waals surface area contributed by atoms with Crippen molar-refractivity contribution in [3.63, 3.8) is 0 Å². The molecule has 0 unspecified atom stereocenters. The highest BCUT2D eigenvalue weighted by Crippen LogP contribution is 2.33. The van der Waals surface area contributed by atoms with Gasteiger partial charge < -0.3 is 20.1 Å². The molecule has 2 aromatic rings. The van der Waals surface area contributed by atoms with Crippen molar-refractivity contribution in [1.29, 1.82) is 0 Å². The van der Waals surface area contributed by atoms with Gasteiger partial charge in [-0.25, -0.2) is 4.79 Å². The number of hydrogen-bond acceptors (Lipinski definition) is 4. The fourth-order valence-electron chi connectivity index (χ4n) is 3.44. The topological polar surface area (TPSA) is 78.9 Å². The lowest BCUT2D eigenvalue weighted by Crippen LogP contribution is -2.37. The summed E-state index contributed by atoms with van der Waals surface area (Å²) in [5, 5.41) is 13.2. The minimum absolute atomic E-state index is 0.0505. The smallest absolute Gasteiger partial charge is 0.412 e. The molecule has 3 rings (SSSR count). The maximum Gasteiger partial charge on any atom is 0.412 e. The molecule has 1 aliphatic rings. The number of phenolic OH excluding ortho intramolecular Hbond substituents is 1. The number of carbonyl (C=O) groups excluding carboxylic acids is 2. The predicted octanol–water partition coefficient (Wildman–Crippen LogP) is 4.18. The van der Waals surface area contributed by atoms with Gasteiger partial charge in [0.05, 0.1) is 0 Å². The Kier molecular flexibility index (Phi) is 6.19. The Bertz CT molecular complexity index is 857. The molecule has 2 aromatic carbocycles. The van der Waals surface area contributed by atoms with Crippen molar-refractivity contribution in [2.24, 2.45) is 0 Å². The van der Waals surface area contributed by atoms with E-state index < -0.39 is 6.09 Å². The Morgan fingerprint density at radius 3 is 2.54 bits per heavy atom. The third kappa shape index (κ3) is 4.82. The number of aromatic hydroxyl groups is 1. The normalized spacial score (nSPS) is 14.4. The Labute approximate surface area is 165 Å². The fraction of sp³-hybridized carbons (Fsp3) is 0.364.